The number of nitrogens with zero attached hydrogens (tertiary/aromatic N) is 3. The lowest BCUT2D eigenvalue weighted by atomic mass is 10.0. The Morgan fingerprint density at radius 3 is 3.00 bits per heavy atom. The molecular formula is C17H17N5OS. The third-order valence-corrected chi connectivity index (χ3v) is 4.77. The van der Waals surface area contributed by atoms with Gasteiger partial charge in [0, 0.05) is 23.2 Å². The van der Waals surface area contributed by atoms with E-state index in [2.05, 4.69) is 20.7 Å². The molecule has 1 aliphatic heterocycles. The molecule has 7 heteroatoms. The van der Waals surface area contributed by atoms with E-state index in [1.807, 2.05) is 47.4 Å². The second-order valence-electron chi connectivity index (χ2n) is 5.73. The van der Waals surface area contributed by atoms with Gasteiger partial charge in [0.25, 0.3) is 5.91 Å². The topological polar surface area (TPSA) is 71.8 Å². The van der Waals surface area contributed by atoms with Crippen LogP contribution in [0.3, 0.4) is 0 Å². The fourth-order valence-electron chi connectivity index (χ4n) is 3.00. The molecule has 1 fully saturated rings. The van der Waals surface area contributed by atoms with Crippen molar-refractivity contribution in [2.45, 2.75) is 18.5 Å². The summed E-state index contributed by atoms with van der Waals surface area (Å²) in [6.07, 6.45) is 4.76. The maximum Gasteiger partial charge on any atom is 0.271 e. The lowest BCUT2D eigenvalue weighted by Crippen LogP contribution is -2.38. The van der Waals surface area contributed by atoms with Crippen LogP contribution in [0.4, 0.5) is 0 Å². The van der Waals surface area contributed by atoms with Crippen LogP contribution in [0.5, 0.6) is 0 Å². The zero-order valence-corrected chi connectivity index (χ0v) is 13.7. The molecule has 0 spiro atoms. The molecule has 0 radical (unpaired) electrons. The molecule has 0 saturated carbocycles. The summed E-state index contributed by atoms with van der Waals surface area (Å²) in [5.41, 5.74) is 4.23. The first kappa shape index (κ1) is 15.0. The monoisotopic (exact) mass is 339 g/mol. The summed E-state index contributed by atoms with van der Waals surface area (Å²) in [4.78, 5) is 16.3. The lowest BCUT2D eigenvalue weighted by molar-refractivity contribution is 0.0929. The molecule has 0 bridgehead atoms. The molecule has 3 aromatic rings. The van der Waals surface area contributed by atoms with Crippen LogP contribution in [-0.2, 0) is 0 Å². The number of amides is 1. The van der Waals surface area contributed by atoms with Crippen molar-refractivity contribution in [1.29, 1.82) is 0 Å². The van der Waals surface area contributed by atoms with Crippen LogP contribution in [0.2, 0.25) is 0 Å². The highest BCUT2D eigenvalue weighted by atomic mass is 32.1. The highest BCUT2D eigenvalue weighted by Gasteiger charge is 2.31. The van der Waals surface area contributed by atoms with E-state index in [0.29, 0.717) is 5.69 Å². The molecule has 2 atom stereocenters. The molecule has 1 aliphatic rings. The summed E-state index contributed by atoms with van der Waals surface area (Å²) >= 11 is 1.42. The summed E-state index contributed by atoms with van der Waals surface area (Å²) in [5.74, 6) is -0.120. The van der Waals surface area contributed by atoms with Crippen molar-refractivity contribution in [1.82, 2.24) is 25.4 Å². The van der Waals surface area contributed by atoms with Gasteiger partial charge in [0.15, 0.2) is 0 Å². The molecule has 24 heavy (non-hydrogen) atoms. The van der Waals surface area contributed by atoms with Gasteiger partial charge in [-0.1, -0.05) is 18.2 Å². The van der Waals surface area contributed by atoms with Crippen LogP contribution in [0.15, 0.2) is 53.6 Å². The fourth-order valence-corrected chi connectivity index (χ4v) is 3.53. The molecule has 2 N–H and O–H groups in total. The second kappa shape index (κ2) is 6.54. The first-order chi connectivity index (χ1) is 11.8. The molecular weight excluding hydrogens is 322 g/mol. The average molecular weight is 339 g/mol. The molecule has 4 rings (SSSR count). The number of para-hydroxylation sites is 1. The predicted octanol–water partition coefficient (Wildman–Crippen LogP) is 2.16. The van der Waals surface area contributed by atoms with Crippen molar-refractivity contribution in [3.05, 3.63) is 64.9 Å². The largest absolute Gasteiger partial charge is 0.346 e. The Hall–Kier alpha value is -2.51. The number of carbonyl (C=O) groups excluding carboxylic acids is 1. The molecule has 122 valence electrons. The molecule has 6 nitrogen and oxygen atoms in total. The van der Waals surface area contributed by atoms with Crippen LogP contribution in [0.25, 0.3) is 5.69 Å². The Morgan fingerprint density at radius 2 is 2.21 bits per heavy atom. The minimum Gasteiger partial charge on any atom is -0.346 e. The van der Waals surface area contributed by atoms with Crippen LogP contribution in [0, 0.1) is 0 Å². The maximum atomic E-state index is 12.2. The number of aromatic nitrogens is 3. The van der Waals surface area contributed by atoms with Crippen molar-refractivity contribution in [3.8, 4) is 5.69 Å². The van der Waals surface area contributed by atoms with Gasteiger partial charge in [0.2, 0.25) is 0 Å². The SMILES string of the molecule is O=C(N[C@@H]1CCNC1c1cnn(-c2ccccc2)c1)c1cscn1. The highest BCUT2D eigenvalue weighted by Crippen LogP contribution is 2.24. The van der Waals surface area contributed by atoms with Gasteiger partial charge >= 0.3 is 0 Å². The number of thiazole rings is 1. The fraction of sp³-hybridized carbons (Fsp3) is 0.235. The van der Waals surface area contributed by atoms with Gasteiger partial charge in [-0.3, -0.25) is 4.79 Å². The second-order valence-corrected chi connectivity index (χ2v) is 6.45. The van der Waals surface area contributed by atoms with Gasteiger partial charge in [0.1, 0.15) is 5.69 Å². The van der Waals surface area contributed by atoms with E-state index >= 15 is 0 Å². The minimum absolute atomic E-state index is 0.0348. The summed E-state index contributed by atoms with van der Waals surface area (Å²) in [7, 11) is 0. The third-order valence-electron chi connectivity index (χ3n) is 4.19. The summed E-state index contributed by atoms with van der Waals surface area (Å²) in [6, 6.07) is 10.1. The lowest BCUT2D eigenvalue weighted by Gasteiger charge is -2.19. The van der Waals surface area contributed by atoms with E-state index in [4.69, 9.17) is 0 Å². The normalized spacial score (nSPS) is 20.2. The quantitative estimate of drug-likeness (QED) is 0.764. The maximum absolute atomic E-state index is 12.2. The Morgan fingerprint density at radius 1 is 1.33 bits per heavy atom. The number of carbonyl (C=O) groups is 1. The van der Waals surface area contributed by atoms with E-state index in [9.17, 15) is 4.79 Å². The number of benzene rings is 1. The summed E-state index contributed by atoms with van der Waals surface area (Å²) < 4.78 is 1.86. The summed E-state index contributed by atoms with van der Waals surface area (Å²) in [5, 5.41) is 12.7. The van der Waals surface area contributed by atoms with Gasteiger partial charge in [-0.05, 0) is 25.1 Å². The smallest absolute Gasteiger partial charge is 0.271 e. The van der Waals surface area contributed by atoms with E-state index in [0.717, 1.165) is 24.2 Å². The summed E-state index contributed by atoms with van der Waals surface area (Å²) in [6.45, 7) is 0.864. The molecule has 3 heterocycles. The molecule has 2 aromatic heterocycles. The van der Waals surface area contributed by atoms with Gasteiger partial charge in [0.05, 0.1) is 23.4 Å². The van der Waals surface area contributed by atoms with E-state index in [-0.39, 0.29) is 18.0 Å². The van der Waals surface area contributed by atoms with Gasteiger partial charge < -0.3 is 10.6 Å². The average Bonchev–Trinajstić information content (AvgIpc) is 3.36. The van der Waals surface area contributed by atoms with Gasteiger partial charge in [-0.2, -0.15) is 5.10 Å². The van der Waals surface area contributed by atoms with Crippen LogP contribution >= 0.6 is 11.3 Å². The molecule has 1 unspecified atom stereocenters. The standard InChI is InChI=1S/C17H17N5OS/c23-17(15-10-24-11-19-15)21-14-6-7-18-16(14)12-8-20-22(9-12)13-4-2-1-3-5-13/h1-5,8-11,14,16,18H,6-7H2,(H,21,23)/t14-,16?/m1/s1. The van der Waals surface area contributed by atoms with Crippen LogP contribution in [-0.4, -0.2) is 33.3 Å². The van der Waals surface area contributed by atoms with Gasteiger partial charge in [-0.25, -0.2) is 9.67 Å². The number of hydrogen-bond acceptors (Lipinski definition) is 5. The molecule has 1 amide bonds. The Bertz CT molecular complexity index is 815. The van der Waals surface area contributed by atoms with Crippen LogP contribution < -0.4 is 10.6 Å². The van der Waals surface area contributed by atoms with Crippen LogP contribution in [0.1, 0.15) is 28.5 Å². The zero-order valence-electron chi connectivity index (χ0n) is 12.9. The van der Waals surface area contributed by atoms with Crippen molar-refractivity contribution in [2.75, 3.05) is 6.54 Å². The van der Waals surface area contributed by atoms with Crippen molar-refractivity contribution >= 4 is 17.2 Å². The zero-order chi connectivity index (χ0) is 16.4. The molecule has 1 aromatic carbocycles. The predicted molar refractivity (Wildman–Crippen MR) is 92.3 cm³/mol. The van der Waals surface area contributed by atoms with Crippen molar-refractivity contribution in [2.24, 2.45) is 0 Å². The van der Waals surface area contributed by atoms with E-state index < -0.39 is 0 Å². The van der Waals surface area contributed by atoms with Crippen molar-refractivity contribution in [3.63, 3.8) is 0 Å². The Kier molecular flexibility index (Phi) is 4.10. The molecule has 0 aliphatic carbocycles. The van der Waals surface area contributed by atoms with Gasteiger partial charge in [-0.15, -0.1) is 11.3 Å². The molecule has 1 saturated heterocycles. The number of hydrogen-bond donors (Lipinski definition) is 2. The van der Waals surface area contributed by atoms with E-state index in [1.54, 1.807) is 10.9 Å². The Labute approximate surface area is 143 Å². The number of nitrogens with one attached hydrogen (secondary N) is 2. The van der Waals surface area contributed by atoms with E-state index in [1.165, 1.54) is 11.3 Å². The highest BCUT2D eigenvalue weighted by molar-refractivity contribution is 7.07. The first-order valence-electron chi connectivity index (χ1n) is 7.84. The van der Waals surface area contributed by atoms with Crippen molar-refractivity contribution < 1.29 is 4.79 Å². The third kappa shape index (κ3) is 2.95. The first-order valence-corrected chi connectivity index (χ1v) is 8.78. The minimum atomic E-state index is -0.120. The Balaban J connectivity index is 1.51. The number of rotatable bonds is 4.